The summed E-state index contributed by atoms with van der Waals surface area (Å²) in [6.07, 6.45) is 1.38. The smallest absolute Gasteiger partial charge is 0.325 e. The molecule has 1 aromatic heterocycles. The summed E-state index contributed by atoms with van der Waals surface area (Å²) in [7, 11) is 0. The number of carbonyl (C=O) groups excluding carboxylic acids is 2. The molecule has 1 amide bonds. The second-order valence-corrected chi connectivity index (χ2v) is 3.63. The number of benzene rings is 1. The number of furan rings is 1. The maximum absolute atomic E-state index is 11.8. The average Bonchev–Trinajstić information content (AvgIpc) is 2.80. The first-order valence-electron chi connectivity index (χ1n) is 5.62. The summed E-state index contributed by atoms with van der Waals surface area (Å²) in [4.78, 5) is 23.0. The zero-order valence-corrected chi connectivity index (χ0v) is 9.93. The van der Waals surface area contributed by atoms with Gasteiger partial charge in [0.2, 0.25) is 0 Å². The molecule has 0 saturated heterocycles. The van der Waals surface area contributed by atoms with E-state index in [1.807, 2.05) is 12.1 Å². The van der Waals surface area contributed by atoms with E-state index in [-0.39, 0.29) is 12.5 Å². The second-order valence-electron chi connectivity index (χ2n) is 3.63. The number of fused-ring (bicyclic) bond motifs is 1. The van der Waals surface area contributed by atoms with Crippen molar-refractivity contribution in [2.24, 2.45) is 0 Å². The molecule has 0 spiro atoms. The van der Waals surface area contributed by atoms with Crippen molar-refractivity contribution in [1.29, 1.82) is 0 Å². The lowest BCUT2D eigenvalue weighted by molar-refractivity contribution is -0.141. The highest BCUT2D eigenvalue weighted by atomic mass is 16.5. The normalized spacial score (nSPS) is 10.3. The van der Waals surface area contributed by atoms with Crippen LogP contribution in [0, 0.1) is 0 Å². The van der Waals surface area contributed by atoms with Crippen LogP contribution in [-0.2, 0) is 9.53 Å². The lowest BCUT2D eigenvalue weighted by Crippen LogP contribution is -2.30. The van der Waals surface area contributed by atoms with Crippen LogP contribution in [0.1, 0.15) is 17.3 Å². The Balaban J connectivity index is 2.07. The average molecular weight is 247 g/mol. The number of carbonyl (C=O) groups is 2. The molecule has 94 valence electrons. The number of ether oxygens (including phenoxy) is 1. The van der Waals surface area contributed by atoms with Crippen LogP contribution in [0.25, 0.3) is 11.0 Å². The molecule has 0 saturated carbocycles. The van der Waals surface area contributed by atoms with E-state index < -0.39 is 5.97 Å². The molecule has 0 aliphatic heterocycles. The van der Waals surface area contributed by atoms with Crippen molar-refractivity contribution < 1.29 is 18.7 Å². The van der Waals surface area contributed by atoms with E-state index in [4.69, 9.17) is 9.15 Å². The standard InChI is InChI=1S/C13H13NO4/c1-2-17-12(15)7-14-13(16)10-8-18-11-6-4-3-5-9(10)11/h3-6,8H,2,7H2,1H3,(H,14,16). The molecule has 0 aliphatic rings. The fourth-order valence-electron chi connectivity index (χ4n) is 1.61. The van der Waals surface area contributed by atoms with Gasteiger partial charge < -0.3 is 14.5 Å². The minimum Gasteiger partial charge on any atom is -0.465 e. The highest BCUT2D eigenvalue weighted by Crippen LogP contribution is 2.20. The largest absolute Gasteiger partial charge is 0.465 e. The number of amides is 1. The Morgan fingerprint density at radius 2 is 2.11 bits per heavy atom. The molecule has 1 N–H and O–H groups in total. The quantitative estimate of drug-likeness (QED) is 0.835. The topological polar surface area (TPSA) is 68.5 Å². The molecular weight excluding hydrogens is 234 g/mol. The first kappa shape index (κ1) is 12.2. The van der Waals surface area contributed by atoms with Gasteiger partial charge in [-0.05, 0) is 13.0 Å². The van der Waals surface area contributed by atoms with Crippen molar-refractivity contribution in [2.45, 2.75) is 6.92 Å². The van der Waals surface area contributed by atoms with Gasteiger partial charge in [-0.1, -0.05) is 18.2 Å². The van der Waals surface area contributed by atoms with Crippen LogP contribution in [0.4, 0.5) is 0 Å². The van der Waals surface area contributed by atoms with Crippen molar-refractivity contribution in [3.63, 3.8) is 0 Å². The van der Waals surface area contributed by atoms with Gasteiger partial charge in [0.25, 0.3) is 5.91 Å². The predicted octanol–water partition coefficient (Wildman–Crippen LogP) is 1.73. The van der Waals surface area contributed by atoms with Crippen molar-refractivity contribution in [2.75, 3.05) is 13.2 Å². The van der Waals surface area contributed by atoms with Crippen molar-refractivity contribution in [3.05, 3.63) is 36.1 Å². The number of para-hydroxylation sites is 1. The van der Waals surface area contributed by atoms with Gasteiger partial charge in [-0.15, -0.1) is 0 Å². The van der Waals surface area contributed by atoms with E-state index in [1.54, 1.807) is 19.1 Å². The molecule has 1 heterocycles. The number of nitrogens with one attached hydrogen (secondary N) is 1. The molecule has 2 rings (SSSR count). The number of rotatable bonds is 4. The molecule has 0 unspecified atom stereocenters. The first-order valence-corrected chi connectivity index (χ1v) is 5.62. The fraction of sp³-hybridized carbons (Fsp3) is 0.231. The van der Waals surface area contributed by atoms with Crippen LogP contribution in [0.2, 0.25) is 0 Å². The molecule has 2 aromatic rings. The lowest BCUT2D eigenvalue weighted by Gasteiger charge is -2.03. The van der Waals surface area contributed by atoms with Crippen LogP contribution in [-0.4, -0.2) is 25.0 Å². The van der Waals surface area contributed by atoms with Gasteiger partial charge in [0.1, 0.15) is 18.4 Å². The zero-order valence-electron chi connectivity index (χ0n) is 9.93. The van der Waals surface area contributed by atoms with Crippen molar-refractivity contribution in [1.82, 2.24) is 5.32 Å². The molecule has 5 nitrogen and oxygen atoms in total. The van der Waals surface area contributed by atoms with E-state index in [1.165, 1.54) is 6.26 Å². The third kappa shape index (κ3) is 2.51. The van der Waals surface area contributed by atoms with E-state index in [0.29, 0.717) is 17.8 Å². The number of hydrogen-bond donors (Lipinski definition) is 1. The van der Waals surface area contributed by atoms with Gasteiger partial charge in [-0.3, -0.25) is 9.59 Å². The highest BCUT2D eigenvalue weighted by molar-refractivity contribution is 6.06. The highest BCUT2D eigenvalue weighted by Gasteiger charge is 2.14. The summed E-state index contributed by atoms with van der Waals surface area (Å²) in [6, 6.07) is 7.21. The molecule has 0 fully saturated rings. The van der Waals surface area contributed by atoms with E-state index in [0.717, 1.165) is 5.39 Å². The van der Waals surface area contributed by atoms with Gasteiger partial charge in [-0.25, -0.2) is 0 Å². The van der Waals surface area contributed by atoms with Crippen molar-refractivity contribution >= 4 is 22.8 Å². The Morgan fingerprint density at radius 3 is 2.89 bits per heavy atom. The lowest BCUT2D eigenvalue weighted by atomic mass is 10.1. The second kappa shape index (κ2) is 5.35. The Kier molecular flexibility index (Phi) is 3.62. The Bertz CT molecular complexity index is 573. The van der Waals surface area contributed by atoms with Crippen LogP contribution >= 0.6 is 0 Å². The van der Waals surface area contributed by atoms with Crippen LogP contribution in [0.3, 0.4) is 0 Å². The van der Waals surface area contributed by atoms with Crippen LogP contribution < -0.4 is 5.32 Å². The van der Waals surface area contributed by atoms with E-state index in [2.05, 4.69) is 5.32 Å². The molecular formula is C13H13NO4. The molecule has 0 aliphatic carbocycles. The Morgan fingerprint density at radius 1 is 1.33 bits per heavy atom. The van der Waals surface area contributed by atoms with E-state index in [9.17, 15) is 9.59 Å². The summed E-state index contributed by atoms with van der Waals surface area (Å²) in [5, 5.41) is 3.21. The molecule has 18 heavy (non-hydrogen) atoms. The fourth-order valence-corrected chi connectivity index (χ4v) is 1.61. The monoisotopic (exact) mass is 247 g/mol. The molecule has 0 atom stereocenters. The number of esters is 1. The van der Waals surface area contributed by atoms with E-state index >= 15 is 0 Å². The summed E-state index contributed by atoms with van der Waals surface area (Å²) >= 11 is 0. The van der Waals surface area contributed by atoms with Gasteiger partial charge in [0.15, 0.2) is 0 Å². The summed E-state index contributed by atoms with van der Waals surface area (Å²) in [5.74, 6) is -0.813. The maximum Gasteiger partial charge on any atom is 0.325 e. The summed E-state index contributed by atoms with van der Waals surface area (Å²) < 4.78 is 9.97. The third-order valence-corrected chi connectivity index (χ3v) is 2.42. The van der Waals surface area contributed by atoms with Gasteiger partial charge >= 0.3 is 5.97 Å². The minimum absolute atomic E-state index is 0.147. The van der Waals surface area contributed by atoms with Crippen LogP contribution in [0.15, 0.2) is 34.9 Å². The molecule has 1 aromatic carbocycles. The summed E-state index contributed by atoms with van der Waals surface area (Å²) in [5.41, 5.74) is 1.05. The third-order valence-electron chi connectivity index (χ3n) is 2.42. The predicted molar refractivity (Wildman–Crippen MR) is 65.2 cm³/mol. The van der Waals surface area contributed by atoms with Gasteiger partial charge in [0.05, 0.1) is 12.2 Å². The number of hydrogen-bond acceptors (Lipinski definition) is 4. The zero-order chi connectivity index (χ0) is 13.0. The van der Waals surface area contributed by atoms with Crippen LogP contribution in [0.5, 0.6) is 0 Å². The van der Waals surface area contributed by atoms with Crippen molar-refractivity contribution in [3.8, 4) is 0 Å². The molecule has 0 bridgehead atoms. The molecule has 5 heteroatoms. The maximum atomic E-state index is 11.8. The Labute approximate surface area is 104 Å². The van der Waals surface area contributed by atoms with Gasteiger partial charge in [-0.2, -0.15) is 0 Å². The SMILES string of the molecule is CCOC(=O)CNC(=O)c1coc2ccccc12. The Hall–Kier alpha value is -2.30. The minimum atomic E-state index is -0.460. The molecule has 0 radical (unpaired) electrons. The summed E-state index contributed by atoms with van der Waals surface area (Å²) in [6.45, 7) is 1.86. The van der Waals surface area contributed by atoms with Gasteiger partial charge in [0, 0.05) is 5.39 Å². The first-order chi connectivity index (χ1) is 8.72.